The van der Waals surface area contributed by atoms with E-state index >= 15 is 0 Å². The number of aromatic nitrogens is 1. The predicted octanol–water partition coefficient (Wildman–Crippen LogP) is 4.65. The molecule has 2 aromatic rings. The average molecular weight is 324 g/mol. The maximum Gasteiger partial charge on any atom is 0.303 e. The molecule has 0 fully saturated rings. The maximum atomic E-state index is 11.8. The van der Waals surface area contributed by atoms with Gasteiger partial charge in [0.25, 0.3) is 0 Å². The second-order valence-corrected chi connectivity index (χ2v) is 7.21. The van der Waals surface area contributed by atoms with Gasteiger partial charge in [0.05, 0.1) is 9.90 Å². The summed E-state index contributed by atoms with van der Waals surface area (Å²) >= 11 is 7.93. The summed E-state index contributed by atoms with van der Waals surface area (Å²) in [5.74, 6) is -0.349. The third kappa shape index (κ3) is 2.83. The summed E-state index contributed by atoms with van der Waals surface area (Å²) in [4.78, 5) is 16.9. The molecule has 2 aromatic heterocycles. The van der Waals surface area contributed by atoms with Gasteiger partial charge in [0, 0.05) is 30.3 Å². The average Bonchev–Trinajstić information content (AvgIpc) is 2.89. The van der Waals surface area contributed by atoms with Crippen LogP contribution >= 0.6 is 22.9 Å². The Morgan fingerprint density at radius 3 is 2.52 bits per heavy atom. The number of hydrogen-bond donors (Lipinski definition) is 0. The molecule has 0 aliphatic rings. The molecule has 0 radical (unpaired) electrons. The van der Waals surface area contributed by atoms with Crippen LogP contribution in [-0.4, -0.2) is 11.0 Å². The van der Waals surface area contributed by atoms with Crippen LogP contribution in [0.2, 0.25) is 5.02 Å². The summed E-state index contributed by atoms with van der Waals surface area (Å²) in [6.45, 7) is 7.50. The molecule has 0 saturated heterocycles. The van der Waals surface area contributed by atoms with Gasteiger partial charge in [-0.15, -0.1) is 11.3 Å². The van der Waals surface area contributed by atoms with Gasteiger partial charge in [-0.2, -0.15) is 0 Å². The van der Waals surface area contributed by atoms with E-state index in [1.165, 1.54) is 18.3 Å². The number of thiophene rings is 1. The van der Waals surface area contributed by atoms with Gasteiger partial charge in [-0.25, -0.2) is 0 Å². The van der Waals surface area contributed by atoms with Gasteiger partial charge < -0.3 is 4.74 Å². The number of halogens is 1. The fourth-order valence-corrected chi connectivity index (χ4v) is 3.82. The molecule has 0 bridgehead atoms. The molecule has 0 saturated carbocycles. The summed E-state index contributed by atoms with van der Waals surface area (Å²) in [7, 11) is 0. The lowest BCUT2D eigenvalue weighted by Crippen LogP contribution is -2.44. The van der Waals surface area contributed by atoms with Crippen LogP contribution in [0.25, 0.3) is 0 Å². The van der Waals surface area contributed by atoms with Gasteiger partial charge in [0.1, 0.15) is 0 Å². The molecular formula is C16H18ClNO2S. The Kier molecular flexibility index (Phi) is 4.40. The van der Waals surface area contributed by atoms with E-state index in [9.17, 15) is 4.79 Å². The normalized spacial score (nSPS) is 14.5. The zero-order valence-electron chi connectivity index (χ0n) is 12.5. The van der Waals surface area contributed by atoms with E-state index in [0.29, 0.717) is 10.6 Å². The van der Waals surface area contributed by atoms with Crippen LogP contribution in [0.3, 0.4) is 0 Å². The Hall–Kier alpha value is -1.39. The summed E-state index contributed by atoms with van der Waals surface area (Å²) in [6.07, 6.45) is 3.30. The van der Waals surface area contributed by atoms with E-state index < -0.39 is 11.0 Å². The second kappa shape index (κ2) is 5.78. The molecular weight excluding hydrogens is 306 g/mol. The van der Waals surface area contributed by atoms with E-state index in [0.717, 1.165) is 4.88 Å². The smallest absolute Gasteiger partial charge is 0.303 e. The second-order valence-electron chi connectivity index (χ2n) is 5.86. The van der Waals surface area contributed by atoms with Crippen LogP contribution in [0, 0.1) is 5.41 Å². The first kappa shape index (κ1) is 16.0. The highest BCUT2D eigenvalue weighted by Crippen LogP contribution is 2.51. The number of carbonyl (C=O) groups is 1. The fourth-order valence-electron chi connectivity index (χ4n) is 2.50. The molecule has 0 aliphatic carbocycles. The standard InChI is InChI=1S/C16H18ClNO2S/c1-11(19)20-16(15(2,3)4,14-6-5-9-21-14)12-10-18-8-7-13(12)17/h5-10H,1-4H3. The number of pyridine rings is 1. The minimum Gasteiger partial charge on any atom is -0.448 e. The lowest BCUT2D eigenvalue weighted by atomic mass is 9.71. The van der Waals surface area contributed by atoms with Crippen molar-refractivity contribution in [2.45, 2.75) is 33.3 Å². The minimum atomic E-state index is -0.960. The fraction of sp³-hybridized carbons (Fsp3) is 0.375. The number of esters is 1. The number of hydrogen-bond acceptors (Lipinski definition) is 4. The summed E-state index contributed by atoms with van der Waals surface area (Å²) in [5, 5.41) is 2.50. The topological polar surface area (TPSA) is 39.2 Å². The molecule has 0 aliphatic heterocycles. The van der Waals surface area contributed by atoms with Crippen molar-refractivity contribution in [1.82, 2.24) is 4.98 Å². The largest absolute Gasteiger partial charge is 0.448 e. The first-order chi connectivity index (χ1) is 9.79. The molecule has 1 unspecified atom stereocenters. The first-order valence-electron chi connectivity index (χ1n) is 6.62. The van der Waals surface area contributed by atoms with Gasteiger partial charge in [0.15, 0.2) is 5.60 Å². The molecule has 0 N–H and O–H groups in total. The third-order valence-corrected chi connectivity index (χ3v) is 4.67. The van der Waals surface area contributed by atoms with Crippen LogP contribution in [-0.2, 0) is 15.1 Å². The Morgan fingerprint density at radius 2 is 2.05 bits per heavy atom. The molecule has 112 valence electrons. The Balaban J connectivity index is 2.79. The SMILES string of the molecule is CC(=O)OC(c1cccs1)(c1cnccc1Cl)C(C)(C)C. The first-order valence-corrected chi connectivity index (χ1v) is 7.88. The minimum absolute atomic E-state index is 0.349. The van der Waals surface area contributed by atoms with Gasteiger partial charge in [-0.3, -0.25) is 9.78 Å². The molecule has 1 atom stereocenters. The van der Waals surface area contributed by atoms with Gasteiger partial charge >= 0.3 is 5.97 Å². The summed E-state index contributed by atoms with van der Waals surface area (Å²) < 4.78 is 5.86. The van der Waals surface area contributed by atoms with E-state index in [1.807, 2.05) is 38.3 Å². The van der Waals surface area contributed by atoms with E-state index in [1.54, 1.807) is 18.5 Å². The third-order valence-electron chi connectivity index (χ3n) is 3.37. The number of nitrogens with zero attached hydrogens (tertiary/aromatic N) is 1. The van der Waals surface area contributed by atoms with Crippen molar-refractivity contribution < 1.29 is 9.53 Å². The van der Waals surface area contributed by atoms with Crippen LogP contribution in [0.15, 0.2) is 36.0 Å². The molecule has 0 amide bonds. The zero-order valence-corrected chi connectivity index (χ0v) is 14.1. The molecule has 0 aromatic carbocycles. The van der Waals surface area contributed by atoms with Crippen LogP contribution in [0.5, 0.6) is 0 Å². The molecule has 3 nitrogen and oxygen atoms in total. The Bertz CT molecular complexity index is 634. The highest BCUT2D eigenvalue weighted by Gasteiger charge is 2.50. The molecule has 2 heterocycles. The number of rotatable bonds is 3. The number of carbonyl (C=O) groups excluding carboxylic acids is 1. The van der Waals surface area contributed by atoms with Crippen molar-refractivity contribution in [2.75, 3.05) is 0 Å². The lowest BCUT2D eigenvalue weighted by Gasteiger charge is -2.43. The highest BCUT2D eigenvalue weighted by molar-refractivity contribution is 7.10. The van der Waals surface area contributed by atoms with Crippen LogP contribution in [0.4, 0.5) is 0 Å². The predicted molar refractivity (Wildman–Crippen MR) is 85.6 cm³/mol. The summed E-state index contributed by atoms with van der Waals surface area (Å²) in [5.41, 5.74) is -0.647. The summed E-state index contributed by atoms with van der Waals surface area (Å²) in [6, 6.07) is 5.62. The van der Waals surface area contributed by atoms with Crippen LogP contribution in [0.1, 0.15) is 38.1 Å². The van der Waals surface area contributed by atoms with Crippen molar-refractivity contribution in [1.29, 1.82) is 0 Å². The Labute approximate surface area is 133 Å². The number of ether oxygens (including phenoxy) is 1. The van der Waals surface area contributed by atoms with Crippen molar-refractivity contribution in [2.24, 2.45) is 5.41 Å². The van der Waals surface area contributed by atoms with Gasteiger partial charge in [-0.05, 0) is 17.5 Å². The van der Waals surface area contributed by atoms with Crippen molar-refractivity contribution >= 4 is 28.9 Å². The van der Waals surface area contributed by atoms with E-state index in [-0.39, 0.29) is 5.97 Å². The van der Waals surface area contributed by atoms with Crippen LogP contribution < -0.4 is 0 Å². The zero-order chi connectivity index (χ0) is 15.7. The van der Waals surface area contributed by atoms with Crippen molar-refractivity contribution in [3.8, 4) is 0 Å². The van der Waals surface area contributed by atoms with Gasteiger partial charge in [0.2, 0.25) is 0 Å². The highest BCUT2D eigenvalue weighted by atomic mass is 35.5. The monoisotopic (exact) mass is 323 g/mol. The van der Waals surface area contributed by atoms with Gasteiger partial charge in [-0.1, -0.05) is 38.4 Å². The maximum absolute atomic E-state index is 11.8. The van der Waals surface area contributed by atoms with Crippen molar-refractivity contribution in [3.63, 3.8) is 0 Å². The van der Waals surface area contributed by atoms with E-state index in [2.05, 4.69) is 4.98 Å². The molecule has 21 heavy (non-hydrogen) atoms. The Morgan fingerprint density at radius 1 is 1.33 bits per heavy atom. The van der Waals surface area contributed by atoms with Crippen molar-refractivity contribution in [3.05, 3.63) is 51.4 Å². The molecule has 0 spiro atoms. The quantitative estimate of drug-likeness (QED) is 0.772. The molecule has 2 rings (SSSR count). The van der Waals surface area contributed by atoms with E-state index in [4.69, 9.17) is 16.3 Å². The molecule has 5 heteroatoms. The lowest BCUT2D eigenvalue weighted by molar-refractivity contribution is -0.164.